The van der Waals surface area contributed by atoms with Gasteiger partial charge in [0.2, 0.25) is 0 Å². The molecule has 18 heavy (non-hydrogen) atoms. The lowest BCUT2D eigenvalue weighted by molar-refractivity contribution is 0.0953. The van der Waals surface area contributed by atoms with Crippen molar-refractivity contribution in [2.45, 2.75) is 19.8 Å². The van der Waals surface area contributed by atoms with Gasteiger partial charge in [0.15, 0.2) is 0 Å². The fourth-order valence-corrected chi connectivity index (χ4v) is 1.64. The molecule has 0 unspecified atom stereocenters. The van der Waals surface area contributed by atoms with Crippen LogP contribution in [-0.4, -0.2) is 38.0 Å². The van der Waals surface area contributed by atoms with Crippen LogP contribution < -0.4 is 11.1 Å². The first-order valence-corrected chi connectivity index (χ1v) is 6.30. The summed E-state index contributed by atoms with van der Waals surface area (Å²) < 4.78 is 0. The van der Waals surface area contributed by atoms with E-state index in [0.717, 1.165) is 24.9 Å². The van der Waals surface area contributed by atoms with E-state index in [0.29, 0.717) is 17.8 Å². The maximum absolute atomic E-state index is 11.8. The number of aryl methyl sites for hydroxylation is 1. The number of nitrogens with two attached hydrogens (primary N) is 1. The minimum atomic E-state index is -0.0495. The van der Waals surface area contributed by atoms with Crippen molar-refractivity contribution in [2.75, 3.05) is 32.9 Å². The highest BCUT2D eigenvalue weighted by Gasteiger charge is 2.05. The van der Waals surface area contributed by atoms with Crippen LogP contribution in [0.5, 0.6) is 0 Å². The van der Waals surface area contributed by atoms with Gasteiger partial charge in [-0.2, -0.15) is 0 Å². The molecule has 4 nitrogen and oxygen atoms in total. The molecule has 1 rings (SSSR count). The number of carbonyl (C=O) groups is 1. The van der Waals surface area contributed by atoms with Gasteiger partial charge in [-0.1, -0.05) is 6.07 Å². The molecule has 0 saturated carbocycles. The highest BCUT2D eigenvalue weighted by atomic mass is 16.1. The lowest BCUT2D eigenvalue weighted by Crippen LogP contribution is -2.25. The zero-order valence-electron chi connectivity index (χ0n) is 11.5. The summed E-state index contributed by atoms with van der Waals surface area (Å²) in [5, 5.41) is 2.91. The van der Waals surface area contributed by atoms with Gasteiger partial charge in [0, 0.05) is 17.8 Å². The van der Waals surface area contributed by atoms with E-state index in [-0.39, 0.29) is 5.91 Å². The molecule has 0 atom stereocenters. The predicted molar refractivity (Wildman–Crippen MR) is 75.7 cm³/mol. The molecule has 100 valence electrons. The second-order valence-corrected chi connectivity index (χ2v) is 4.84. The summed E-state index contributed by atoms with van der Waals surface area (Å²) in [5.41, 5.74) is 8.07. The molecule has 1 aromatic carbocycles. The molecule has 0 aliphatic carbocycles. The zero-order valence-corrected chi connectivity index (χ0v) is 11.5. The Morgan fingerprint density at radius 1 is 1.33 bits per heavy atom. The monoisotopic (exact) mass is 249 g/mol. The second-order valence-electron chi connectivity index (χ2n) is 4.84. The van der Waals surface area contributed by atoms with Crippen LogP contribution in [0.1, 0.15) is 28.8 Å². The Balaban J connectivity index is 2.34. The molecule has 0 bridgehead atoms. The van der Waals surface area contributed by atoms with E-state index >= 15 is 0 Å². The van der Waals surface area contributed by atoms with Gasteiger partial charge in [-0.25, -0.2) is 0 Å². The van der Waals surface area contributed by atoms with Crippen LogP contribution in [0.15, 0.2) is 18.2 Å². The molecule has 0 heterocycles. The number of nitrogens with one attached hydrogen (secondary N) is 1. The Bertz CT molecular complexity index is 402. The van der Waals surface area contributed by atoms with Gasteiger partial charge in [-0.05, 0) is 58.1 Å². The topological polar surface area (TPSA) is 58.4 Å². The van der Waals surface area contributed by atoms with Crippen LogP contribution >= 0.6 is 0 Å². The SMILES string of the molecule is Cc1ccc(C(=O)NCCCCN(C)C)cc1N. The Morgan fingerprint density at radius 3 is 2.67 bits per heavy atom. The van der Waals surface area contributed by atoms with E-state index in [1.807, 2.05) is 27.1 Å². The van der Waals surface area contributed by atoms with Crippen LogP contribution in [0.3, 0.4) is 0 Å². The molecule has 0 aliphatic rings. The first-order valence-electron chi connectivity index (χ1n) is 6.30. The summed E-state index contributed by atoms with van der Waals surface area (Å²) in [6.07, 6.45) is 2.08. The summed E-state index contributed by atoms with van der Waals surface area (Å²) >= 11 is 0. The number of nitrogens with zero attached hydrogens (tertiary/aromatic N) is 1. The Labute approximate surface area is 109 Å². The number of amides is 1. The molecule has 3 N–H and O–H groups in total. The molecule has 0 spiro atoms. The molecule has 0 aliphatic heterocycles. The number of unbranched alkanes of at least 4 members (excludes halogenated alkanes) is 1. The average Bonchev–Trinajstić information content (AvgIpc) is 2.31. The number of anilines is 1. The second kappa shape index (κ2) is 7.01. The molecular formula is C14H23N3O. The lowest BCUT2D eigenvalue weighted by atomic mass is 10.1. The summed E-state index contributed by atoms with van der Waals surface area (Å²) in [7, 11) is 4.10. The highest BCUT2D eigenvalue weighted by Crippen LogP contribution is 2.12. The summed E-state index contributed by atoms with van der Waals surface area (Å²) in [6, 6.07) is 5.40. The Hall–Kier alpha value is -1.55. The normalized spacial score (nSPS) is 10.7. The van der Waals surface area contributed by atoms with E-state index in [1.54, 1.807) is 12.1 Å². The molecular weight excluding hydrogens is 226 g/mol. The van der Waals surface area contributed by atoms with Crippen LogP contribution in [0.2, 0.25) is 0 Å². The number of benzene rings is 1. The summed E-state index contributed by atoms with van der Waals surface area (Å²) in [4.78, 5) is 14.0. The van der Waals surface area contributed by atoms with Crippen LogP contribution in [-0.2, 0) is 0 Å². The minimum absolute atomic E-state index is 0.0495. The number of hydrogen-bond acceptors (Lipinski definition) is 3. The third-order valence-electron chi connectivity index (χ3n) is 2.86. The van der Waals surface area contributed by atoms with Gasteiger partial charge in [-0.15, -0.1) is 0 Å². The van der Waals surface area contributed by atoms with Gasteiger partial charge in [0.25, 0.3) is 5.91 Å². The number of rotatable bonds is 6. The van der Waals surface area contributed by atoms with Crippen molar-refractivity contribution in [2.24, 2.45) is 0 Å². The molecule has 0 radical (unpaired) electrons. The molecule has 0 aromatic heterocycles. The molecule has 0 saturated heterocycles. The first-order chi connectivity index (χ1) is 8.50. The Kier molecular flexibility index (Phi) is 5.65. The predicted octanol–water partition coefficient (Wildman–Crippen LogP) is 1.65. The quantitative estimate of drug-likeness (QED) is 0.595. The maximum Gasteiger partial charge on any atom is 0.251 e. The van der Waals surface area contributed by atoms with Gasteiger partial charge in [0.05, 0.1) is 0 Å². The van der Waals surface area contributed by atoms with Gasteiger partial charge in [-0.3, -0.25) is 4.79 Å². The van der Waals surface area contributed by atoms with Crippen LogP contribution in [0.4, 0.5) is 5.69 Å². The van der Waals surface area contributed by atoms with Crippen LogP contribution in [0, 0.1) is 6.92 Å². The third kappa shape index (κ3) is 4.75. The zero-order chi connectivity index (χ0) is 13.5. The first kappa shape index (κ1) is 14.5. The van der Waals surface area contributed by atoms with E-state index in [1.165, 1.54) is 0 Å². The summed E-state index contributed by atoms with van der Waals surface area (Å²) in [6.45, 7) is 3.69. The fourth-order valence-electron chi connectivity index (χ4n) is 1.64. The average molecular weight is 249 g/mol. The lowest BCUT2D eigenvalue weighted by Gasteiger charge is -2.10. The van der Waals surface area contributed by atoms with Gasteiger partial charge in [0.1, 0.15) is 0 Å². The summed E-state index contributed by atoms with van der Waals surface area (Å²) in [5.74, 6) is -0.0495. The third-order valence-corrected chi connectivity index (χ3v) is 2.86. The molecule has 1 amide bonds. The van der Waals surface area contributed by atoms with E-state index < -0.39 is 0 Å². The van der Waals surface area contributed by atoms with Crippen molar-refractivity contribution >= 4 is 11.6 Å². The smallest absolute Gasteiger partial charge is 0.251 e. The molecule has 1 aromatic rings. The van der Waals surface area contributed by atoms with Crippen molar-refractivity contribution in [1.29, 1.82) is 0 Å². The highest BCUT2D eigenvalue weighted by molar-refractivity contribution is 5.95. The van der Waals surface area contributed by atoms with Crippen molar-refractivity contribution in [1.82, 2.24) is 10.2 Å². The number of nitrogen functional groups attached to an aromatic ring is 1. The van der Waals surface area contributed by atoms with E-state index in [2.05, 4.69) is 10.2 Å². The van der Waals surface area contributed by atoms with Crippen molar-refractivity contribution in [3.63, 3.8) is 0 Å². The standard InChI is InChI=1S/C14H23N3O/c1-11-6-7-12(10-13(11)15)14(18)16-8-4-5-9-17(2)3/h6-7,10H,4-5,8-9,15H2,1-3H3,(H,16,18). The van der Waals surface area contributed by atoms with E-state index in [9.17, 15) is 4.79 Å². The minimum Gasteiger partial charge on any atom is -0.398 e. The van der Waals surface area contributed by atoms with Gasteiger partial charge >= 0.3 is 0 Å². The van der Waals surface area contributed by atoms with Gasteiger partial charge < -0.3 is 16.0 Å². The van der Waals surface area contributed by atoms with Crippen molar-refractivity contribution in [3.8, 4) is 0 Å². The van der Waals surface area contributed by atoms with Crippen molar-refractivity contribution in [3.05, 3.63) is 29.3 Å². The number of carbonyl (C=O) groups excluding carboxylic acids is 1. The maximum atomic E-state index is 11.8. The molecule has 4 heteroatoms. The van der Waals surface area contributed by atoms with Crippen LogP contribution in [0.25, 0.3) is 0 Å². The fraction of sp³-hybridized carbons (Fsp3) is 0.500. The van der Waals surface area contributed by atoms with E-state index in [4.69, 9.17) is 5.73 Å². The number of hydrogen-bond donors (Lipinski definition) is 2. The molecule has 0 fully saturated rings. The largest absolute Gasteiger partial charge is 0.398 e. The van der Waals surface area contributed by atoms with Crippen molar-refractivity contribution < 1.29 is 4.79 Å². The Morgan fingerprint density at radius 2 is 2.06 bits per heavy atom.